The largest absolute Gasteiger partial charge is 0.352 e. The second-order valence-electron chi connectivity index (χ2n) is 10.4. The summed E-state index contributed by atoms with van der Waals surface area (Å²) in [5.41, 5.74) is 4.76. The standard InChI is InChI=1S/C31H39N3O4S/c1-22(2)32-31(36)28(19-26-15-8-7-9-16-26)33(20-27-17-10-12-23(3)18-27)29(35)21-34(39(6,37)38)30-24(4)13-11-14-25(30)5/h7-18,22,28H,19-21H2,1-6H3,(H,32,36)/t28-/m0/s1. The molecule has 0 fully saturated rings. The van der Waals surface area contributed by atoms with Crippen LogP contribution in [0.1, 0.15) is 41.7 Å². The molecule has 1 N–H and O–H groups in total. The summed E-state index contributed by atoms with van der Waals surface area (Å²) in [5, 5.41) is 2.96. The van der Waals surface area contributed by atoms with Crippen molar-refractivity contribution in [3.05, 3.63) is 101 Å². The van der Waals surface area contributed by atoms with E-state index in [9.17, 15) is 18.0 Å². The van der Waals surface area contributed by atoms with E-state index in [1.807, 2.05) is 107 Å². The Labute approximate surface area is 232 Å². The number of nitrogens with one attached hydrogen (secondary N) is 1. The normalized spacial score (nSPS) is 12.2. The van der Waals surface area contributed by atoms with Crippen LogP contribution in [0.3, 0.4) is 0 Å². The van der Waals surface area contributed by atoms with Gasteiger partial charge < -0.3 is 10.2 Å². The molecule has 0 saturated carbocycles. The topological polar surface area (TPSA) is 86.8 Å². The number of hydrogen-bond donors (Lipinski definition) is 1. The number of para-hydroxylation sites is 1. The minimum atomic E-state index is -3.81. The lowest BCUT2D eigenvalue weighted by molar-refractivity contribution is -0.140. The zero-order chi connectivity index (χ0) is 28.7. The first kappa shape index (κ1) is 29.9. The van der Waals surface area contributed by atoms with Crippen molar-refractivity contribution in [1.29, 1.82) is 0 Å². The second-order valence-corrected chi connectivity index (χ2v) is 12.3. The lowest BCUT2D eigenvalue weighted by atomic mass is 10.0. The molecule has 7 nitrogen and oxygen atoms in total. The van der Waals surface area contributed by atoms with Crippen LogP contribution < -0.4 is 9.62 Å². The molecule has 2 amide bonds. The van der Waals surface area contributed by atoms with Crippen LogP contribution >= 0.6 is 0 Å². The number of hydrogen-bond acceptors (Lipinski definition) is 4. The smallest absolute Gasteiger partial charge is 0.244 e. The molecule has 3 aromatic carbocycles. The maximum atomic E-state index is 14.1. The third-order valence-corrected chi connectivity index (χ3v) is 7.62. The number of aryl methyl sites for hydroxylation is 3. The van der Waals surface area contributed by atoms with Crippen LogP contribution in [-0.4, -0.2) is 50.0 Å². The van der Waals surface area contributed by atoms with E-state index in [0.29, 0.717) is 12.1 Å². The average Bonchev–Trinajstić information content (AvgIpc) is 2.85. The van der Waals surface area contributed by atoms with Crippen molar-refractivity contribution in [1.82, 2.24) is 10.2 Å². The van der Waals surface area contributed by atoms with Crippen molar-refractivity contribution in [2.24, 2.45) is 0 Å². The van der Waals surface area contributed by atoms with E-state index >= 15 is 0 Å². The van der Waals surface area contributed by atoms with Gasteiger partial charge in [-0.05, 0) is 56.9 Å². The number of benzene rings is 3. The van der Waals surface area contributed by atoms with E-state index in [1.165, 1.54) is 4.90 Å². The summed E-state index contributed by atoms with van der Waals surface area (Å²) in [5.74, 6) is -0.739. The van der Waals surface area contributed by atoms with Crippen molar-refractivity contribution in [2.75, 3.05) is 17.1 Å². The lowest BCUT2D eigenvalue weighted by Crippen LogP contribution is -2.54. The van der Waals surface area contributed by atoms with Crippen LogP contribution in [0.4, 0.5) is 5.69 Å². The maximum absolute atomic E-state index is 14.1. The molecule has 208 valence electrons. The van der Waals surface area contributed by atoms with Gasteiger partial charge in [-0.1, -0.05) is 78.4 Å². The van der Waals surface area contributed by atoms with Crippen LogP contribution in [0, 0.1) is 20.8 Å². The Hall–Kier alpha value is -3.65. The first-order valence-electron chi connectivity index (χ1n) is 13.1. The summed E-state index contributed by atoms with van der Waals surface area (Å²) in [6.45, 7) is 9.10. The summed E-state index contributed by atoms with van der Waals surface area (Å²) >= 11 is 0. The van der Waals surface area contributed by atoms with Crippen LogP contribution in [0.2, 0.25) is 0 Å². The van der Waals surface area contributed by atoms with Gasteiger partial charge in [0.2, 0.25) is 21.8 Å². The fourth-order valence-electron chi connectivity index (χ4n) is 4.72. The third-order valence-electron chi connectivity index (χ3n) is 6.51. The van der Waals surface area contributed by atoms with Crippen LogP contribution in [0.25, 0.3) is 0 Å². The number of sulfonamides is 1. The van der Waals surface area contributed by atoms with Gasteiger partial charge in [0.05, 0.1) is 11.9 Å². The molecule has 0 aliphatic heterocycles. The highest BCUT2D eigenvalue weighted by molar-refractivity contribution is 7.92. The molecule has 3 aromatic rings. The van der Waals surface area contributed by atoms with Crippen molar-refractivity contribution < 1.29 is 18.0 Å². The molecule has 3 rings (SSSR count). The highest BCUT2D eigenvalue weighted by Crippen LogP contribution is 2.27. The monoisotopic (exact) mass is 549 g/mol. The molecule has 0 saturated heterocycles. The van der Waals surface area contributed by atoms with Gasteiger partial charge in [0.1, 0.15) is 12.6 Å². The van der Waals surface area contributed by atoms with E-state index in [4.69, 9.17) is 0 Å². The Balaban J connectivity index is 2.09. The molecule has 0 aliphatic rings. The maximum Gasteiger partial charge on any atom is 0.244 e. The molecule has 0 aliphatic carbocycles. The zero-order valence-corrected chi connectivity index (χ0v) is 24.5. The molecule has 0 heterocycles. The van der Waals surface area contributed by atoms with Crippen molar-refractivity contribution in [3.63, 3.8) is 0 Å². The van der Waals surface area contributed by atoms with E-state index in [-0.39, 0.29) is 18.5 Å². The molecule has 0 bridgehead atoms. The van der Waals surface area contributed by atoms with Crippen molar-refractivity contribution >= 4 is 27.5 Å². The van der Waals surface area contributed by atoms with Gasteiger partial charge in [-0.15, -0.1) is 0 Å². The minimum Gasteiger partial charge on any atom is -0.352 e. The first-order chi connectivity index (χ1) is 18.4. The Morgan fingerprint density at radius 2 is 1.44 bits per heavy atom. The number of amides is 2. The highest BCUT2D eigenvalue weighted by Gasteiger charge is 2.33. The average molecular weight is 550 g/mol. The molecule has 8 heteroatoms. The van der Waals surface area contributed by atoms with Crippen LogP contribution in [0.5, 0.6) is 0 Å². The van der Waals surface area contributed by atoms with Gasteiger partial charge in [-0.2, -0.15) is 0 Å². The molecule has 0 aromatic heterocycles. The van der Waals surface area contributed by atoms with Gasteiger partial charge in [-0.25, -0.2) is 8.42 Å². The van der Waals surface area contributed by atoms with E-state index in [2.05, 4.69) is 5.32 Å². The van der Waals surface area contributed by atoms with Crippen molar-refractivity contribution in [3.8, 4) is 0 Å². The predicted molar refractivity (Wildman–Crippen MR) is 157 cm³/mol. The predicted octanol–water partition coefficient (Wildman–Crippen LogP) is 4.54. The Morgan fingerprint density at radius 3 is 2.00 bits per heavy atom. The Kier molecular flexibility index (Phi) is 9.92. The Morgan fingerprint density at radius 1 is 0.846 bits per heavy atom. The summed E-state index contributed by atoms with van der Waals surface area (Å²) in [6, 6.07) is 21.8. The molecule has 0 radical (unpaired) electrons. The highest BCUT2D eigenvalue weighted by atomic mass is 32.2. The summed E-state index contributed by atoms with van der Waals surface area (Å²) < 4.78 is 27.2. The fourth-order valence-corrected chi connectivity index (χ4v) is 5.68. The molecular formula is C31H39N3O4S. The second kappa shape index (κ2) is 12.9. The van der Waals surface area contributed by atoms with E-state index in [0.717, 1.165) is 38.4 Å². The van der Waals surface area contributed by atoms with Gasteiger partial charge in [0.25, 0.3) is 0 Å². The van der Waals surface area contributed by atoms with E-state index in [1.54, 1.807) is 0 Å². The molecular weight excluding hydrogens is 510 g/mol. The zero-order valence-electron chi connectivity index (χ0n) is 23.6. The molecule has 0 spiro atoms. The van der Waals surface area contributed by atoms with Crippen LogP contribution in [0.15, 0.2) is 72.8 Å². The van der Waals surface area contributed by atoms with Gasteiger partial charge in [0, 0.05) is 19.0 Å². The lowest BCUT2D eigenvalue weighted by Gasteiger charge is -2.34. The molecule has 1 atom stereocenters. The first-order valence-corrected chi connectivity index (χ1v) is 14.9. The van der Waals surface area contributed by atoms with Gasteiger partial charge in [0.15, 0.2) is 0 Å². The number of nitrogens with zero attached hydrogens (tertiary/aromatic N) is 2. The fraction of sp³-hybridized carbons (Fsp3) is 0.355. The number of anilines is 1. The Bertz CT molecular complexity index is 1380. The van der Waals surface area contributed by atoms with Crippen LogP contribution in [-0.2, 0) is 32.6 Å². The van der Waals surface area contributed by atoms with Crippen molar-refractivity contribution in [2.45, 2.75) is 59.7 Å². The molecule has 39 heavy (non-hydrogen) atoms. The number of carbonyl (C=O) groups excluding carboxylic acids is 2. The van der Waals surface area contributed by atoms with Gasteiger partial charge in [-0.3, -0.25) is 13.9 Å². The van der Waals surface area contributed by atoms with E-state index < -0.39 is 28.5 Å². The summed E-state index contributed by atoms with van der Waals surface area (Å²) in [4.78, 5) is 29.3. The quantitative estimate of drug-likeness (QED) is 0.380. The number of carbonyl (C=O) groups is 2. The molecule has 0 unspecified atom stereocenters. The third kappa shape index (κ3) is 8.17. The summed E-state index contributed by atoms with van der Waals surface area (Å²) in [6.07, 6.45) is 1.39. The summed E-state index contributed by atoms with van der Waals surface area (Å²) in [7, 11) is -3.81. The minimum absolute atomic E-state index is 0.131. The SMILES string of the molecule is Cc1cccc(CN(C(=O)CN(c2c(C)cccc2C)S(C)(=O)=O)[C@@H](Cc2ccccc2)C(=O)NC(C)C)c1. The number of rotatable bonds is 11. The van der Waals surface area contributed by atoms with Gasteiger partial charge >= 0.3 is 0 Å².